The summed E-state index contributed by atoms with van der Waals surface area (Å²) in [7, 11) is -3.05. The zero-order chi connectivity index (χ0) is 17.1. The summed E-state index contributed by atoms with van der Waals surface area (Å²) in [6.07, 6.45) is 2.39. The van der Waals surface area contributed by atoms with Crippen molar-refractivity contribution in [1.29, 1.82) is 0 Å². The van der Waals surface area contributed by atoms with E-state index >= 15 is 0 Å². The van der Waals surface area contributed by atoms with E-state index in [1.807, 2.05) is 30.9 Å². The van der Waals surface area contributed by atoms with Gasteiger partial charge in [0, 0.05) is 32.1 Å². The maximum absolute atomic E-state index is 12.2. The predicted molar refractivity (Wildman–Crippen MR) is 108 cm³/mol. The van der Waals surface area contributed by atoms with Crippen LogP contribution in [0.4, 0.5) is 0 Å². The highest BCUT2D eigenvalue weighted by atomic mass is 127. The number of hydrogen-bond acceptors (Lipinski definition) is 4. The molecule has 0 amide bonds. The van der Waals surface area contributed by atoms with E-state index in [9.17, 15) is 8.42 Å². The van der Waals surface area contributed by atoms with E-state index in [0.29, 0.717) is 19.6 Å². The minimum atomic E-state index is -3.05. The van der Waals surface area contributed by atoms with Crippen LogP contribution < -0.4 is 5.32 Å². The smallest absolute Gasteiger partial charge is 0.194 e. The highest BCUT2D eigenvalue weighted by Crippen LogP contribution is 2.23. The Morgan fingerprint density at radius 2 is 2.17 bits per heavy atom. The molecule has 0 saturated carbocycles. The molecule has 0 atom stereocenters. The summed E-state index contributed by atoms with van der Waals surface area (Å²) in [4.78, 5) is 6.70. The minimum absolute atomic E-state index is 0. The van der Waals surface area contributed by atoms with Crippen LogP contribution in [0.1, 0.15) is 33.5 Å². The highest BCUT2D eigenvalue weighted by molar-refractivity contribution is 14.0. The first kappa shape index (κ1) is 21.3. The third-order valence-corrected chi connectivity index (χ3v) is 6.49. The van der Waals surface area contributed by atoms with Crippen molar-refractivity contribution in [3.63, 3.8) is 0 Å². The Morgan fingerprint density at radius 3 is 2.71 bits per heavy atom. The number of nitrogens with one attached hydrogen (secondary N) is 1. The Hall–Kier alpha value is -0.770. The Balaban J connectivity index is 0.00000288. The van der Waals surface area contributed by atoms with Crippen LogP contribution >= 0.6 is 24.0 Å². The molecule has 1 aromatic heterocycles. The van der Waals surface area contributed by atoms with Gasteiger partial charge in [0.25, 0.3) is 0 Å². The SMILES string of the molecule is CC(C)NC(=NCCc1ccco1)N1CCS(=O)(=O)C(C)(C)C1.I. The molecule has 8 heteroatoms. The average Bonchev–Trinajstić information content (AvgIpc) is 2.93. The maximum Gasteiger partial charge on any atom is 0.194 e. The molecule has 0 bridgehead atoms. The number of aliphatic imine (C=N–C) groups is 1. The van der Waals surface area contributed by atoms with Crippen molar-refractivity contribution in [2.24, 2.45) is 4.99 Å². The molecule has 1 aliphatic rings. The van der Waals surface area contributed by atoms with Crippen molar-refractivity contribution in [2.45, 2.75) is 44.9 Å². The molecule has 0 aromatic carbocycles. The average molecular weight is 469 g/mol. The summed E-state index contributed by atoms with van der Waals surface area (Å²) in [5, 5.41) is 3.35. The van der Waals surface area contributed by atoms with Crippen LogP contribution in [-0.4, -0.2) is 55.5 Å². The second kappa shape index (κ2) is 8.55. The largest absolute Gasteiger partial charge is 0.469 e. The summed E-state index contributed by atoms with van der Waals surface area (Å²) in [5.74, 6) is 1.84. The Morgan fingerprint density at radius 1 is 1.46 bits per heavy atom. The van der Waals surface area contributed by atoms with Gasteiger partial charge in [-0.15, -0.1) is 24.0 Å². The van der Waals surface area contributed by atoms with Crippen LogP contribution in [-0.2, 0) is 16.3 Å². The summed E-state index contributed by atoms with van der Waals surface area (Å²) >= 11 is 0. The van der Waals surface area contributed by atoms with E-state index < -0.39 is 14.6 Å². The van der Waals surface area contributed by atoms with E-state index in [2.05, 4.69) is 10.3 Å². The van der Waals surface area contributed by atoms with Crippen molar-refractivity contribution in [3.8, 4) is 0 Å². The van der Waals surface area contributed by atoms with Crippen LogP contribution in [0.25, 0.3) is 0 Å². The second-order valence-corrected chi connectivity index (χ2v) is 9.58. The molecule has 0 aliphatic carbocycles. The van der Waals surface area contributed by atoms with E-state index in [-0.39, 0.29) is 35.8 Å². The fraction of sp³-hybridized carbons (Fsp3) is 0.688. The van der Waals surface area contributed by atoms with Crippen molar-refractivity contribution in [1.82, 2.24) is 10.2 Å². The standard InChI is InChI=1S/C16H27N3O3S.HI/c1-13(2)18-15(17-8-7-14-6-5-10-22-14)19-9-11-23(20,21)16(3,4)12-19;/h5-6,10,13H,7-9,11-12H2,1-4H3,(H,17,18);1H. The molecule has 2 heterocycles. The lowest BCUT2D eigenvalue weighted by Crippen LogP contribution is -2.58. The maximum atomic E-state index is 12.2. The lowest BCUT2D eigenvalue weighted by Gasteiger charge is -2.39. The van der Waals surface area contributed by atoms with Crippen LogP contribution in [0.15, 0.2) is 27.8 Å². The third-order valence-electron chi connectivity index (χ3n) is 3.96. The fourth-order valence-electron chi connectivity index (χ4n) is 2.55. The first-order chi connectivity index (χ1) is 10.7. The van der Waals surface area contributed by atoms with Gasteiger partial charge < -0.3 is 14.6 Å². The topological polar surface area (TPSA) is 74.9 Å². The molecule has 1 N–H and O–H groups in total. The lowest BCUT2D eigenvalue weighted by molar-refractivity contribution is 0.350. The van der Waals surface area contributed by atoms with E-state index in [1.54, 1.807) is 20.1 Å². The molecule has 1 aliphatic heterocycles. The quantitative estimate of drug-likeness (QED) is 0.416. The van der Waals surface area contributed by atoms with E-state index in [1.165, 1.54) is 0 Å². The van der Waals surface area contributed by atoms with Crippen LogP contribution in [0.3, 0.4) is 0 Å². The van der Waals surface area contributed by atoms with Crippen molar-refractivity contribution in [3.05, 3.63) is 24.2 Å². The van der Waals surface area contributed by atoms with Gasteiger partial charge in [0.1, 0.15) is 5.76 Å². The number of hydrogen-bond donors (Lipinski definition) is 1. The number of guanidine groups is 1. The molecule has 0 spiro atoms. The highest BCUT2D eigenvalue weighted by Gasteiger charge is 2.41. The van der Waals surface area contributed by atoms with Gasteiger partial charge in [-0.05, 0) is 39.8 Å². The Bertz CT molecular complexity index is 640. The van der Waals surface area contributed by atoms with Crippen molar-refractivity contribution >= 4 is 39.8 Å². The summed E-state index contributed by atoms with van der Waals surface area (Å²) in [5.41, 5.74) is 0. The Labute approximate surface area is 162 Å². The molecule has 24 heavy (non-hydrogen) atoms. The molecular weight excluding hydrogens is 441 g/mol. The monoisotopic (exact) mass is 469 g/mol. The van der Waals surface area contributed by atoms with Crippen LogP contribution in [0.5, 0.6) is 0 Å². The first-order valence-electron chi connectivity index (χ1n) is 8.02. The number of furan rings is 1. The van der Waals surface area contributed by atoms with E-state index in [0.717, 1.165) is 18.1 Å². The molecule has 1 aromatic rings. The molecule has 1 fully saturated rings. The van der Waals surface area contributed by atoms with Gasteiger partial charge >= 0.3 is 0 Å². The predicted octanol–water partition coefficient (Wildman–Crippen LogP) is 2.30. The van der Waals surface area contributed by atoms with Crippen molar-refractivity contribution in [2.75, 3.05) is 25.4 Å². The summed E-state index contributed by atoms with van der Waals surface area (Å²) < 4.78 is 28.9. The van der Waals surface area contributed by atoms with Gasteiger partial charge in [0.2, 0.25) is 0 Å². The van der Waals surface area contributed by atoms with Crippen LogP contribution in [0.2, 0.25) is 0 Å². The van der Waals surface area contributed by atoms with Gasteiger partial charge in [0.15, 0.2) is 15.8 Å². The molecule has 138 valence electrons. The zero-order valence-electron chi connectivity index (χ0n) is 14.8. The molecule has 1 saturated heterocycles. The van der Waals surface area contributed by atoms with E-state index in [4.69, 9.17) is 4.42 Å². The molecule has 2 rings (SSSR count). The Kier molecular flexibility index (Phi) is 7.58. The first-order valence-corrected chi connectivity index (χ1v) is 9.67. The number of halogens is 1. The summed E-state index contributed by atoms with van der Waals surface area (Å²) in [6, 6.07) is 4.03. The second-order valence-electron chi connectivity index (χ2n) is 6.83. The molecule has 0 radical (unpaired) electrons. The van der Waals surface area contributed by atoms with Crippen LogP contribution in [0, 0.1) is 0 Å². The van der Waals surface area contributed by atoms with Gasteiger partial charge in [-0.3, -0.25) is 4.99 Å². The molecule has 0 unspecified atom stereocenters. The van der Waals surface area contributed by atoms with Gasteiger partial charge in [-0.2, -0.15) is 0 Å². The molecule has 6 nitrogen and oxygen atoms in total. The van der Waals surface area contributed by atoms with Gasteiger partial charge in [0.05, 0.1) is 16.8 Å². The molecular formula is C16H28IN3O3S. The van der Waals surface area contributed by atoms with Gasteiger partial charge in [-0.25, -0.2) is 8.42 Å². The zero-order valence-corrected chi connectivity index (χ0v) is 17.9. The van der Waals surface area contributed by atoms with Gasteiger partial charge in [-0.1, -0.05) is 0 Å². The lowest BCUT2D eigenvalue weighted by atomic mass is 10.2. The number of nitrogens with zero attached hydrogens (tertiary/aromatic N) is 2. The van der Waals surface area contributed by atoms with Crippen molar-refractivity contribution < 1.29 is 12.8 Å². The minimum Gasteiger partial charge on any atom is -0.469 e. The third kappa shape index (κ3) is 5.37. The summed E-state index contributed by atoms with van der Waals surface area (Å²) in [6.45, 7) is 9.20. The normalized spacial score (nSPS) is 19.9. The number of rotatable bonds is 4. The number of sulfone groups is 1. The fourth-order valence-corrected chi connectivity index (χ4v) is 3.91.